The molecule has 3 aromatic rings. The van der Waals surface area contributed by atoms with Crippen molar-refractivity contribution in [2.75, 3.05) is 0 Å². The number of aryl methyl sites for hydroxylation is 2. The Labute approximate surface area is 154 Å². The highest BCUT2D eigenvalue weighted by Gasteiger charge is 2.27. The topological polar surface area (TPSA) is 96.7 Å². The van der Waals surface area contributed by atoms with Crippen LogP contribution in [-0.4, -0.2) is 25.1 Å². The molecule has 0 radical (unpaired) electrons. The van der Waals surface area contributed by atoms with Gasteiger partial charge in [0.1, 0.15) is 10.9 Å². The maximum atomic E-state index is 9.58. The van der Waals surface area contributed by atoms with Gasteiger partial charge >= 0.3 is 0 Å². The third kappa shape index (κ3) is 2.75. The molecule has 0 spiro atoms. The van der Waals surface area contributed by atoms with Crippen LogP contribution in [0.2, 0.25) is 5.15 Å². The summed E-state index contributed by atoms with van der Waals surface area (Å²) in [5.74, 6) is 0.142. The maximum absolute atomic E-state index is 9.58. The van der Waals surface area contributed by atoms with Gasteiger partial charge in [-0.1, -0.05) is 16.8 Å². The van der Waals surface area contributed by atoms with Crippen LogP contribution in [0.15, 0.2) is 29.4 Å². The number of nitrogens with zero attached hydrogens (tertiary/aromatic N) is 3. The zero-order chi connectivity index (χ0) is 18.3. The number of phenols is 1. The Hall–Kier alpha value is -2.51. The van der Waals surface area contributed by atoms with Gasteiger partial charge in [0.25, 0.3) is 0 Å². The first kappa shape index (κ1) is 17.3. The van der Waals surface area contributed by atoms with Crippen molar-refractivity contribution in [2.45, 2.75) is 20.8 Å². The normalized spacial score (nSPS) is 11.9. The fraction of sp³-hybridized carbons (Fsp3) is 0.176. The van der Waals surface area contributed by atoms with Crippen LogP contribution in [-0.2, 0) is 0 Å². The number of aromatic nitrogens is 2. The fourth-order valence-electron chi connectivity index (χ4n) is 2.92. The van der Waals surface area contributed by atoms with Crippen molar-refractivity contribution in [1.82, 2.24) is 8.94 Å². The number of nitrogens with two attached hydrogens (primary N) is 1. The second-order valence-electron chi connectivity index (χ2n) is 5.68. The molecule has 0 saturated heterocycles. The van der Waals surface area contributed by atoms with Gasteiger partial charge in [-0.25, -0.2) is 0 Å². The van der Waals surface area contributed by atoms with E-state index in [2.05, 4.69) is 9.53 Å². The summed E-state index contributed by atoms with van der Waals surface area (Å²) < 4.78 is 6.24. The van der Waals surface area contributed by atoms with E-state index >= 15 is 0 Å². The molecule has 1 aromatic carbocycles. The van der Waals surface area contributed by atoms with Gasteiger partial charge in [0.05, 0.1) is 17.0 Å². The summed E-state index contributed by atoms with van der Waals surface area (Å²) in [5, 5.41) is 22.5. The average molecular weight is 377 g/mol. The van der Waals surface area contributed by atoms with E-state index in [-0.39, 0.29) is 11.6 Å². The summed E-state index contributed by atoms with van der Waals surface area (Å²) in [5.41, 5.74) is 10.4. The van der Waals surface area contributed by atoms with Crippen LogP contribution in [0.25, 0.3) is 16.9 Å². The third-order valence-electron chi connectivity index (χ3n) is 4.08. The largest absolute Gasteiger partial charge is 0.508 e. The highest BCUT2D eigenvalue weighted by atomic mass is 35.5. The summed E-state index contributed by atoms with van der Waals surface area (Å²) in [7, 11) is 0. The molecule has 0 aliphatic carbocycles. The summed E-state index contributed by atoms with van der Waals surface area (Å²) in [6, 6.07) is 6.67. The van der Waals surface area contributed by atoms with Gasteiger partial charge in [-0.15, -0.1) is 0 Å². The van der Waals surface area contributed by atoms with Gasteiger partial charge in [-0.3, -0.25) is 4.57 Å². The molecule has 2 aromatic heterocycles. The molecule has 3 rings (SSSR count). The summed E-state index contributed by atoms with van der Waals surface area (Å²) >= 11 is 7.99. The molecule has 0 fully saturated rings. The lowest BCUT2D eigenvalue weighted by molar-refractivity contribution is 0.318. The third-order valence-corrected chi connectivity index (χ3v) is 5.38. The highest BCUT2D eigenvalue weighted by Crippen LogP contribution is 2.40. The van der Waals surface area contributed by atoms with Crippen molar-refractivity contribution in [1.29, 1.82) is 0 Å². The van der Waals surface area contributed by atoms with Crippen LogP contribution in [0.1, 0.15) is 21.7 Å². The number of oxime groups is 1. The maximum Gasteiger partial charge on any atom is 0.172 e. The van der Waals surface area contributed by atoms with Gasteiger partial charge in [0.2, 0.25) is 0 Å². The van der Waals surface area contributed by atoms with Crippen LogP contribution in [0.5, 0.6) is 5.75 Å². The lowest BCUT2D eigenvalue weighted by Gasteiger charge is -2.13. The summed E-state index contributed by atoms with van der Waals surface area (Å²) in [6.07, 6.45) is 0. The summed E-state index contributed by atoms with van der Waals surface area (Å²) in [6.45, 7) is 5.69. The number of halogens is 1. The molecule has 4 N–H and O–H groups in total. The fourth-order valence-corrected chi connectivity index (χ4v) is 3.90. The van der Waals surface area contributed by atoms with Crippen LogP contribution in [0.4, 0.5) is 0 Å². The number of hydrogen-bond donors (Lipinski definition) is 3. The molecule has 6 nitrogen and oxygen atoms in total. The first-order valence-electron chi connectivity index (χ1n) is 7.48. The number of hydrogen-bond acceptors (Lipinski definition) is 5. The molecule has 0 atom stereocenters. The van der Waals surface area contributed by atoms with E-state index in [0.29, 0.717) is 22.0 Å². The molecule has 0 bridgehead atoms. The van der Waals surface area contributed by atoms with Crippen molar-refractivity contribution < 1.29 is 10.3 Å². The zero-order valence-electron chi connectivity index (χ0n) is 13.9. The van der Waals surface area contributed by atoms with Gasteiger partial charge in [-0.2, -0.15) is 4.37 Å². The predicted octanol–water partition coefficient (Wildman–Crippen LogP) is 3.98. The molecule has 0 saturated carbocycles. The van der Waals surface area contributed by atoms with Crippen LogP contribution in [0.3, 0.4) is 0 Å². The number of benzene rings is 1. The van der Waals surface area contributed by atoms with Gasteiger partial charge in [0.15, 0.2) is 5.84 Å². The van der Waals surface area contributed by atoms with Crippen molar-refractivity contribution in [2.24, 2.45) is 10.9 Å². The lowest BCUT2D eigenvalue weighted by atomic mass is 10.0. The number of phenolic OH excluding ortho intramolecular Hbond substituents is 1. The van der Waals surface area contributed by atoms with E-state index in [9.17, 15) is 10.3 Å². The summed E-state index contributed by atoms with van der Waals surface area (Å²) in [4.78, 5) is 0.999. The van der Waals surface area contributed by atoms with Gasteiger partial charge in [0, 0.05) is 16.1 Å². The van der Waals surface area contributed by atoms with Crippen molar-refractivity contribution in [3.05, 3.63) is 51.1 Å². The Morgan fingerprint density at radius 3 is 2.40 bits per heavy atom. The quantitative estimate of drug-likeness (QED) is 0.279. The van der Waals surface area contributed by atoms with Crippen molar-refractivity contribution in [3.8, 4) is 22.7 Å². The molecule has 8 heteroatoms. The molecular formula is C17H17ClN4O2S. The molecule has 0 amide bonds. The molecular weight excluding hydrogens is 360 g/mol. The Kier molecular flexibility index (Phi) is 4.45. The molecule has 2 heterocycles. The number of rotatable bonds is 3. The SMILES string of the molecule is Cc1nsc(C)c1-c1c(C(N)=NO)c(C)c(Cl)n1-c1ccc(O)cc1. The highest BCUT2D eigenvalue weighted by molar-refractivity contribution is 7.06. The first-order chi connectivity index (χ1) is 11.9. The second-order valence-corrected chi connectivity index (χ2v) is 7.01. The van der Waals surface area contributed by atoms with E-state index in [1.54, 1.807) is 24.3 Å². The minimum Gasteiger partial charge on any atom is -0.508 e. The van der Waals surface area contributed by atoms with E-state index in [4.69, 9.17) is 17.3 Å². The molecule has 0 unspecified atom stereocenters. The van der Waals surface area contributed by atoms with Crippen molar-refractivity contribution >= 4 is 29.0 Å². The van der Waals surface area contributed by atoms with E-state index in [0.717, 1.165) is 21.8 Å². The number of amidine groups is 1. The zero-order valence-corrected chi connectivity index (χ0v) is 15.5. The van der Waals surface area contributed by atoms with Crippen LogP contribution >= 0.6 is 23.1 Å². The predicted molar refractivity (Wildman–Crippen MR) is 100 cm³/mol. The molecule has 0 aliphatic heterocycles. The van der Waals surface area contributed by atoms with E-state index < -0.39 is 0 Å². The van der Waals surface area contributed by atoms with E-state index in [1.807, 2.05) is 25.3 Å². The molecule has 25 heavy (non-hydrogen) atoms. The van der Waals surface area contributed by atoms with Gasteiger partial charge in [-0.05, 0) is 62.1 Å². The van der Waals surface area contributed by atoms with Crippen molar-refractivity contribution in [3.63, 3.8) is 0 Å². The van der Waals surface area contributed by atoms with Gasteiger partial charge < -0.3 is 16.0 Å². The van der Waals surface area contributed by atoms with Crippen LogP contribution in [0, 0.1) is 20.8 Å². The minimum atomic E-state index is -0.0167. The Morgan fingerprint density at radius 1 is 1.24 bits per heavy atom. The number of aromatic hydroxyl groups is 1. The van der Waals surface area contributed by atoms with Crippen LogP contribution < -0.4 is 5.73 Å². The Balaban J connectivity index is 2.45. The minimum absolute atomic E-state index is 0.0167. The standard InChI is InChI=1S/C17H17ClN4O2S/c1-8-13(17(19)20-24)15(14-9(2)21-25-10(14)3)22(16(8)18)11-4-6-12(23)7-5-11/h4-7,23-24H,1-3H3,(H2,19,20). The molecule has 0 aliphatic rings. The van der Waals surface area contributed by atoms with E-state index in [1.165, 1.54) is 11.5 Å². The Morgan fingerprint density at radius 2 is 1.88 bits per heavy atom. The monoisotopic (exact) mass is 376 g/mol. The first-order valence-corrected chi connectivity index (χ1v) is 8.63. The second kappa shape index (κ2) is 6.42. The smallest absolute Gasteiger partial charge is 0.172 e. The lowest BCUT2D eigenvalue weighted by Crippen LogP contribution is -2.15. The average Bonchev–Trinajstić information content (AvgIpc) is 3.05. The Bertz CT molecular complexity index is 954. The molecule has 130 valence electrons.